The molecule has 136 valence electrons. The Kier molecular flexibility index (Phi) is 3.89. The molecule has 1 fully saturated rings. The highest BCUT2D eigenvalue weighted by Gasteiger charge is 2.29. The third kappa shape index (κ3) is 3.38. The summed E-state index contributed by atoms with van der Waals surface area (Å²) in [6.07, 6.45) is -2.29. The van der Waals surface area contributed by atoms with E-state index in [2.05, 4.69) is 15.2 Å². The molecule has 0 aliphatic heterocycles. The number of hydrogen-bond donors (Lipinski definition) is 0. The number of benzene rings is 1. The lowest BCUT2D eigenvalue weighted by Crippen LogP contribution is -2.13. The van der Waals surface area contributed by atoms with E-state index in [0.717, 1.165) is 25.0 Å². The molecule has 0 saturated heterocycles. The highest BCUT2D eigenvalue weighted by Crippen LogP contribution is 2.35. The Hall–Kier alpha value is -2.58. The molecule has 0 amide bonds. The van der Waals surface area contributed by atoms with Crippen molar-refractivity contribution in [2.75, 3.05) is 0 Å². The molecule has 3 aromatic rings. The quantitative estimate of drug-likeness (QED) is 0.646. The SMILES string of the molecule is Fc1cc2nc(-c3cnnc(CC(F)(F)F)c3)n(CC3CC3)c2cc1F. The maximum atomic E-state index is 13.7. The van der Waals surface area contributed by atoms with Crippen molar-refractivity contribution in [1.82, 2.24) is 19.7 Å². The Morgan fingerprint density at radius 1 is 1.08 bits per heavy atom. The third-order valence-electron chi connectivity index (χ3n) is 4.27. The van der Waals surface area contributed by atoms with Gasteiger partial charge in [0.05, 0.1) is 29.3 Å². The first-order chi connectivity index (χ1) is 12.3. The van der Waals surface area contributed by atoms with Crippen LogP contribution in [0, 0.1) is 17.6 Å². The minimum atomic E-state index is -4.41. The molecule has 1 aliphatic carbocycles. The summed E-state index contributed by atoms with van der Waals surface area (Å²) in [5, 5.41) is 7.14. The Morgan fingerprint density at radius 3 is 2.50 bits per heavy atom. The van der Waals surface area contributed by atoms with E-state index >= 15 is 0 Å². The molecule has 2 heterocycles. The van der Waals surface area contributed by atoms with Crippen molar-refractivity contribution in [3.8, 4) is 11.4 Å². The molecule has 0 N–H and O–H groups in total. The summed E-state index contributed by atoms with van der Waals surface area (Å²) >= 11 is 0. The van der Waals surface area contributed by atoms with Gasteiger partial charge in [0.2, 0.25) is 0 Å². The molecule has 26 heavy (non-hydrogen) atoms. The summed E-state index contributed by atoms with van der Waals surface area (Å²) in [6, 6.07) is 3.31. The molecule has 0 bridgehead atoms. The Labute approximate surface area is 144 Å². The van der Waals surface area contributed by atoms with Crippen molar-refractivity contribution in [3.63, 3.8) is 0 Å². The van der Waals surface area contributed by atoms with Crippen molar-refractivity contribution in [3.05, 3.63) is 41.7 Å². The molecule has 4 nitrogen and oxygen atoms in total. The Balaban J connectivity index is 1.83. The van der Waals surface area contributed by atoms with E-state index in [9.17, 15) is 22.0 Å². The largest absolute Gasteiger partial charge is 0.394 e. The second-order valence-electron chi connectivity index (χ2n) is 6.47. The number of nitrogens with zero attached hydrogens (tertiary/aromatic N) is 4. The lowest BCUT2D eigenvalue weighted by Gasteiger charge is -2.10. The molecule has 0 spiro atoms. The summed E-state index contributed by atoms with van der Waals surface area (Å²) < 4.78 is 66.8. The van der Waals surface area contributed by atoms with Gasteiger partial charge in [-0.2, -0.15) is 23.4 Å². The fraction of sp³-hybridized carbons (Fsp3) is 0.353. The lowest BCUT2D eigenvalue weighted by molar-refractivity contribution is -0.127. The molecule has 1 aromatic carbocycles. The van der Waals surface area contributed by atoms with Crippen LogP contribution in [0.3, 0.4) is 0 Å². The number of hydrogen-bond acceptors (Lipinski definition) is 3. The van der Waals surface area contributed by atoms with Gasteiger partial charge in [-0.1, -0.05) is 0 Å². The summed E-state index contributed by atoms with van der Waals surface area (Å²) in [5.74, 6) is -1.30. The highest BCUT2D eigenvalue weighted by atomic mass is 19.4. The first kappa shape index (κ1) is 16.9. The van der Waals surface area contributed by atoms with Crippen LogP contribution in [0.4, 0.5) is 22.0 Å². The van der Waals surface area contributed by atoms with E-state index in [-0.39, 0.29) is 11.2 Å². The smallest absolute Gasteiger partial charge is 0.324 e. The summed E-state index contributed by atoms with van der Waals surface area (Å²) in [5.41, 5.74) is 0.739. The molecule has 0 radical (unpaired) electrons. The first-order valence-electron chi connectivity index (χ1n) is 8.04. The average molecular weight is 368 g/mol. The van der Waals surface area contributed by atoms with Gasteiger partial charge < -0.3 is 4.57 Å². The number of imidazole rings is 1. The van der Waals surface area contributed by atoms with Crippen LogP contribution in [0.15, 0.2) is 24.4 Å². The summed E-state index contributed by atoms with van der Waals surface area (Å²) in [4.78, 5) is 4.31. The van der Waals surface area contributed by atoms with Crippen LogP contribution >= 0.6 is 0 Å². The van der Waals surface area contributed by atoms with Crippen molar-refractivity contribution in [2.24, 2.45) is 5.92 Å². The van der Waals surface area contributed by atoms with Crippen LogP contribution in [0.5, 0.6) is 0 Å². The molecule has 1 saturated carbocycles. The first-order valence-corrected chi connectivity index (χ1v) is 8.04. The van der Waals surface area contributed by atoms with Gasteiger partial charge in [-0.25, -0.2) is 13.8 Å². The van der Waals surface area contributed by atoms with Gasteiger partial charge in [0.15, 0.2) is 11.6 Å². The number of halogens is 5. The minimum absolute atomic E-state index is 0.239. The van der Waals surface area contributed by atoms with E-state index in [0.29, 0.717) is 29.4 Å². The molecule has 0 atom stereocenters. The van der Waals surface area contributed by atoms with E-state index in [1.165, 1.54) is 12.3 Å². The van der Waals surface area contributed by atoms with Crippen LogP contribution in [-0.2, 0) is 13.0 Å². The number of rotatable bonds is 4. The fourth-order valence-electron chi connectivity index (χ4n) is 2.91. The van der Waals surface area contributed by atoms with Crippen LogP contribution in [0.25, 0.3) is 22.4 Å². The molecule has 2 aromatic heterocycles. The zero-order valence-corrected chi connectivity index (χ0v) is 13.4. The van der Waals surface area contributed by atoms with Crippen LogP contribution in [-0.4, -0.2) is 25.9 Å². The number of aromatic nitrogens is 4. The predicted molar refractivity (Wildman–Crippen MR) is 83.2 cm³/mol. The molecular weight excluding hydrogens is 355 g/mol. The van der Waals surface area contributed by atoms with Crippen molar-refractivity contribution < 1.29 is 22.0 Å². The molecule has 1 aliphatic rings. The van der Waals surface area contributed by atoms with Crippen LogP contribution < -0.4 is 0 Å². The van der Waals surface area contributed by atoms with Crippen molar-refractivity contribution in [1.29, 1.82) is 0 Å². The summed E-state index contributed by atoms with van der Waals surface area (Å²) in [6.45, 7) is 0.536. The molecular formula is C17H13F5N4. The van der Waals surface area contributed by atoms with Gasteiger partial charge in [0.25, 0.3) is 0 Å². The monoisotopic (exact) mass is 368 g/mol. The van der Waals surface area contributed by atoms with E-state index in [1.807, 2.05) is 0 Å². The summed E-state index contributed by atoms with van der Waals surface area (Å²) in [7, 11) is 0. The normalized spacial score (nSPS) is 15.0. The highest BCUT2D eigenvalue weighted by molar-refractivity contribution is 5.80. The van der Waals surface area contributed by atoms with Gasteiger partial charge in [-0.3, -0.25) is 0 Å². The third-order valence-corrected chi connectivity index (χ3v) is 4.27. The molecule has 9 heteroatoms. The van der Waals surface area contributed by atoms with Gasteiger partial charge in [0, 0.05) is 24.2 Å². The lowest BCUT2D eigenvalue weighted by atomic mass is 10.2. The maximum absolute atomic E-state index is 13.7. The van der Waals surface area contributed by atoms with Crippen molar-refractivity contribution in [2.45, 2.75) is 32.0 Å². The standard InChI is InChI=1S/C17H13F5N4/c18-12-4-14-15(5-13(12)19)26(8-9-1-2-9)16(24-14)10-3-11(25-23-7-10)6-17(20,21)22/h3-5,7,9H,1-2,6,8H2. The minimum Gasteiger partial charge on any atom is -0.324 e. The van der Waals surface area contributed by atoms with E-state index in [4.69, 9.17) is 0 Å². The zero-order chi connectivity index (χ0) is 18.5. The van der Waals surface area contributed by atoms with Gasteiger partial charge in [0.1, 0.15) is 5.82 Å². The second-order valence-corrected chi connectivity index (χ2v) is 6.47. The van der Waals surface area contributed by atoms with E-state index < -0.39 is 24.2 Å². The maximum Gasteiger partial charge on any atom is 0.394 e. The van der Waals surface area contributed by atoms with Gasteiger partial charge >= 0.3 is 6.18 Å². The van der Waals surface area contributed by atoms with E-state index in [1.54, 1.807) is 4.57 Å². The Bertz CT molecular complexity index is 975. The van der Waals surface area contributed by atoms with Crippen LogP contribution in [0.2, 0.25) is 0 Å². The fourth-order valence-corrected chi connectivity index (χ4v) is 2.91. The average Bonchev–Trinajstić information content (AvgIpc) is 3.30. The van der Waals surface area contributed by atoms with Crippen LogP contribution in [0.1, 0.15) is 18.5 Å². The van der Waals surface area contributed by atoms with Gasteiger partial charge in [-0.05, 0) is 24.8 Å². The predicted octanol–water partition coefficient (Wildman–Crippen LogP) is 4.29. The Morgan fingerprint density at radius 2 is 1.81 bits per heavy atom. The number of fused-ring (bicyclic) bond motifs is 1. The molecule has 4 rings (SSSR count). The number of alkyl halides is 3. The van der Waals surface area contributed by atoms with Crippen molar-refractivity contribution >= 4 is 11.0 Å². The second kappa shape index (κ2) is 6.00. The zero-order valence-electron chi connectivity index (χ0n) is 13.4. The van der Waals surface area contributed by atoms with Gasteiger partial charge in [-0.15, -0.1) is 0 Å². The molecule has 0 unspecified atom stereocenters. The topological polar surface area (TPSA) is 43.6 Å².